The molecule has 0 amide bonds. The number of benzene rings is 1. The molecule has 25 heavy (non-hydrogen) atoms. The van der Waals surface area contributed by atoms with Gasteiger partial charge in [-0.05, 0) is 37.7 Å². The smallest absolute Gasteiger partial charge is 0.216 e. The number of fused-ring (bicyclic) bond motifs is 2. The van der Waals surface area contributed by atoms with Crippen LogP contribution >= 0.6 is 0 Å². The molecule has 2 fully saturated rings. The van der Waals surface area contributed by atoms with E-state index in [1.165, 1.54) is 11.3 Å². The maximum atomic E-state index is 12.5. The summed E-state index contributed by atoms with van der Waals surface area (Å²) >= 11 is 0. The Balaban J connectivity index is 1.41. The van der Waals surface area contributed by atoms with Crippen LogP contribution in [0.3, 0.4) is 0 Å². The fourth-order valence-electron chi connectivity index (χ4n) is 4.52. The van der Waals surface area contributed by atoms with E-state index in [9.17, 15) is 8.42 Å². The van der Waals surface area contributed by atoms with Gasteiger partial charge < -0.3 is 4.57 Å². The summed E-state index contributed by atoms with van der Waals surface area (Å²) in [7, 11) is -3.04. The molecule has 0 bridgehead atoms. The summed E-state index contributed by atoms with van der Waals surface area (Å²) in [6, 6.07) is 10.4. The fraction of sp³-hybridized carbons (Fsp3) is 0.526. The quantitative estimate of drug-likeness (QED) is 0.849. The molecule has 5 rings (SSSR count). The molecule has 0 atom stereocenters. The van der Waals surface area contributed by atoms with Crippen molar-refractivity contribution in [1.82, 2.24) is 13.9 Å². The third kappa shape index (κ3) is 2.38. The third-order valence-corrected chi connectivity index (χ3v) is 8.60. The summed E-state index contributed by atoms with van der Waals surface area (Å²) in [5.41, 5.74) is 2.44. The molecule has 5 nitrogen and oxygen atoms in total. The molecule has 1 spiro atoms. The number of hydrogen-bond acceptors (Lipinski definition) is 3. The maximum absolute atomic E-state index is 12.5. The maximum Gasteiger partial charge on any atom is 0.216 e. The Hall–Kier alpha value is -1.66. The molecule has 6 heteroatoms. The number of rotatable bonds is 3. The van der Waals surface area contributed by atoms with Gasteiger partial charge in [0, 0.05) is 25.0 Å². The summed E-state index contributed by atoms with van der Waals surface area (Å²) in [4.78, 5) is 4.78. The van der Waals surface area contributed by atoms with Gasteiger partial charge in [-0.15, -0.1) is 0 Å². The Morgan fingerprint density at radius 2 is 1.68 bits per heavy atom. The highest BCUT2D eigenvalue weighted by Gasteiger charge is 2.48. The summed E-state index contributed by atoms with van der Waals surface area (Å²) < 4.78 is 29.1. The average Bonchev–Trinajstić information content (AvgIpc) is 3.33. The molecule has 2 aliphatic heterocycles. The lowest BCUT2D eigenvalue weighted by atomic mass is 9.77. The molecule has 3 aliphatic rings. The van der Waals surface area contributed by atoms with Crippen molar-refractivity contribution >= 4 is 10.0 Å². The number of aromatic nitrogens is 2. The molecule has 1 aliphatic carbocycles. The predicted octanol–water partition coefficient (Wildman–Crippen LogP) is 2.78. The number of nitrogens with zero attached hydrogens (tertiary/aromatic N) is 3. The van der Waals surface area contributed by atoms with Gasteiger partial charge >= 0.3 is 0 Å². The molecule has 0 radical (unpaired) electrons. The van der Waals surface area contributed by atoms with Crippen LogP contribution in [-0.4, -0.2) is 40.6 Å². The lowest BCUT2D eigenvalue weighted by Gasteiger charge is -2.37. The summed E-state index contributed by atoms with van der Waals surface area (Å²) in [5.74, 6) is 1.16. The monoisotopic (exact) mass is 357 g/mol. The van der Waals surface area contributed by atoms with Gasteiger partial charge in [0.1, 0.15) is 5.82 Å². The Morgan fingerprint density at radius 3 is 2.36 bits per heavy atom. The Morgan fingerprint density at radius 1 is 1.00 bits per heavy atom. The average molecular weight is 357 g/mol. The van der Waals surface area contributed by atoms with Crippen molar-refractivity contribution in [3.63, 3.8) is 0 Å². The lowest BCUT2D eigenvalue weighted by Crippen LogP contribution is -2.45. The van der Waals surface area contributed by atoms with Crippen LogP contribution in [0.5, 0.6) is 0 Å². The van der Waals surface area contributed by atoms with Gasteiger partial charge in [0.2, 0.25) is 10.0 Å². The zero-order chi connectivity index (χ0) is 17.1. The topological polar surface area (TPSA) is 55.2 Å². The van der Waals surface area contributed by atoms with Crippen LogP contribution in [0.25, 0.3) is 11.3 Å². The van der Waals surface area contributed by atoms with Gasteiger partial charge in [-0.25, -0.2) is 17.7 Å². The van der Waals surface area contributed by atoms with E-state index in [2.05, 4.69) is 28.8 Å². The molecular formula is C19H23N3O2S. The second kappa shape index (κ2) is 5.42. The van der Waals surface area contributed by atoms with Crippen LogP contribution < -0.4 is 0 Å². The van der Waals surface area contributed by atoms with Gasteiger partial charge in [-0.1, -0.05) is 30.3 Å². The van der Waals surface area contributed by atoms with Crippen molar-refractivity contribution in [2.75, 3.05) is 13.1 Å². The zero-order valence-electron chi connectivity index (χ0n) is 14.3. The molecular weight excluding hydrogens is 334 g/mol. The molecule has 1 aromatic heterocycles. The highest BCUT2D eigenvalue weighted by Crippen LogP contribution is 2.45. The van der Waals surface area contributed by atoms with E-state index in [1.807, 2.05) is 12.3 Å². The van der Waals surface area contributed by atoms with Crippen molar-refractivity contribution < 1.29 is 8.42 Å². The van der Waals surface area contributed by atoms with Crippen LogP contribution in [0.2, 0.25) is 0 Å². The molecule has 132 valence electrons. The van der Waals surface area contributed by atoms with E-state index < -0.39 is 10.0 Å². The van der Waals surface area contributed by atoms with E-state index in [0.29, 0.717) is 13.1 Å². The van der Waals surface area contributed by atoms with Crippen LogP contribution in [0.4, 0.5) is 0 Å². The van der Waals surface area contributed by atoms with E-state index in [-0.39, 0.29) is 10.7 Å². The Kier molecular flexibility index (Phi) is 3.38. The second-order valence-corrected chi connectivity index (χ2v) is 9.87. The fourth-order valence-corrected chi connectivity index (χ4v) is 6.37. The van der Waals surface area contributed by atoms with Crippen molar-refractivity contribution in [3.8, 4) is 11.3 Å². The third-order valence-electron chi connectivity index (χ3n) is 6.20. The van der Waals surface area contributed by atoms with Crippen molar-refractivity contribution in [1.29, 1.82) is 0 Å². The van der Waals surface area contributed by atoms with E-state index in [1.54, 1.807) is 4.31 Å². The van der Waals surface area contributed by atoms with E-state index in [0.717, 1.165) is 44.5 Å². The predicted molar refractivity (Wildman–Crippen MR) is 96.7 cm³/mol. The molecule has 3 heterocycles. The standard InChI is InChI=1S/C19H23N3O2S/c23-25(24,16-6-7-16)21-11-8-19(9-12-21)10-13-22-17(14-20-18(19)22)15-4-2-1-3-5-15/h1-5,14,16H,6-13H2. The molecule has 1 saturated carbocycles. The molecule has 2 aromatic rings. The minimum Gasteiger partial charge on any atom is -0.328 e. The van der Waals surface area contributed by atoms with Gasteiger partial charge in [0.25, 0.3) is 0 Å². The minimum absolute atomic E-state index is 0.0581. The van der Waals surface area contributed by atoms with Gasteiger partial charge in [-0.2, -0.15) is 0 Å². The summed E-state index contributed by atoms with van der Waals surface area (Å²) in [6.45, 7) is 2.27. The minimum atomic E-state index is -3.04. The first-order chi connectivity index (χ1) is 12.1. The molecule has 0 N–H and O–H groups in total. The van der Waals surface area contributed by atoms with Gasteiger partial charge in [-0.3, -0.25) is 0 Å². The van der Waals surface area contributed by atoms with Gasteiger partial charge in [0.15, 0.2) is 0 Å². The van der Waals surface area contributed by atoms with E-state index in [4.69, 9.17) is 4.98 Å². The van der Waals surface area contributed by atoms with Crippen LogP contribution in [0, 0.1) is 0 Å². The van der Waals surface area contributed by atoms with Crippen molar-refractivity contribution in [2.24, 2.45) is 0 Å². The van der Waals surface area contributed by atoms with Crippen LogP contribution in [0.15, 0.2) is 36.5 Å². The van der Waals surface area contributed by atoms with Crippen molar-refractivity contribution in [3.05, 3.63) is 42.4 Å². The van der Waals surface area contributed by atoms with E-state index >= 15 is 0 Å². The first-order valence-corrected chi connectivity index (χ1v) is 10.7. The first-order valence-electron chi connectivity index (χ1n) is 9.21. The lowest BCUT2D eigenvalue weighted by molar-refractivity contribution is 0.227. The van der Waals surface area contributed by atoms with Gasteiger partial charge in [0.05, 0.1) is 17.1 Å². The highest BCUT2D eigenvalue weighted by molar-refractivity contribution is 7.90. The van der Waals surface area contributed by atoms with Crippen LogP contribution in [-0.2, 0) is 22.0 Å². The SMILES string of the molecule is O=S(=O)(C1CC1)N1CCC2(CC1)CCn1c(-c3ccccc3)cnc12. The number of imidazole rings is 1. The Labute approximate surface area is 148 Å². The molecule has 1 aromatic carbocycles. The zero-order valence-corrected chi connectivity index (χ0v) is 15.1. The first kappa shape index (κ1) is 15.6. The summed E-state index contributed by atoms with van der Waals surface area (Å²) in [6.07, 6.45) is 6.53. The molecule has 0 unspecified atom stereocenters. The highest BCUT2D eigenvalue weighted by atomic mass is 32.2. The number of piperidine rings is 1. The summed E-state index contributed by atoms with van der Waals surface area (Å²) in [5, 5.41) is -0.100. The van der Waals surface area contributed by atoms with Crippen LogP contribution in [0.1, 0.15) is 37.9 Å². The second-order valence-electron chi connectivity index (χ2n) is 7.66. The van der Waals surface area contributed by atoms with Crippen molar-refractivity contribution in [2.45, 2.75) is 49.3 Å². The largest absolute Gasteiger partial charge is 0.328 e. The number of sulfonamides is 1. The molecule has 1 saturated heterocycles. The normalized spacial score (nSPS) is 23.0. The number of hydrogen-bond donors (Lipinski definition) is 0. The Bertz CT molecular complexity index is 892.